The number of hydrogen-bond acceptors (Lipinski definition) is 10. The van der Waals surface area contributed by atoms with Gasteiger partial charge in [0.1, 0.15) is 17.5 Å². The van der Waals surface area contributed by atoms with Gasteiger partial charge in [0.15, 0.2) is 12.7 Å². The van der Waals surface area contributed by atoms with E-state index in [1.54, 1.807) is 0 Å². The molecule has 0 aromatic carbocycles. The highest BCUT2D eigenvalue weighted by molar-refractivity contribution is 7.88. The van der Waals surface area contributed by atoms with Gasteiger partial charge in [0.2, 0.25) is 0 Å². The predicted molar refractivity (Wildman–Crippen MR) is 68.2 cm³/mol. The lowest BCUT2D eigenvalue weighted by molar-refractivity contribution is -0.173. The van der Waals surface area contributed by atoms with Crippen LogP contribution in [0.1, 0.15) is 6.42 Å². The number of fused-ring (bicyclic) bond motifs is 1. The molecule has 0 radical (unpaired) electrons. The second-order valence-electron chi connectivity index (χ2n) is 5.49. The van der Waals surface area contributed by atoms with E-state index < -0.39 is 73.7 Å². The van der Waals surface area contributed by atoms with Gasteiger partial charge < -0.3 is 14.2 Å². The molecule has 3 aliphatic rings. The third kappa shape index (κ3) is 2.88. The molecule has 3 fully saturated rings. The first-order valence-corrected chi connectivity index (χ1v) is 9.55. The summed E-state index contributed by atoms with van der Waals surface area (Å²) in [7, 11) is -9.92. The van der Waals surface area contributed by atoms with E-state index in [9.17, 15) is 35.2 Å². The fourth-order valence-electron chi connectivity index (χ4n) is 2.87. The van der Waals surface area contributed by atoms with Crippen LogP contribution in [0, 0.1) is 0 Å². The molecule has 1 N–H and O–H groups in total. The Balaban J connectivity index is 1.57. The Morgan fingerprint density at radius 1 is 1.28 bits per heavy atom. The van der Waals surface area contributed by atoms with Crippen molar-refractivity contribution in [2.24, 2.45) is 0 Å². The minimum atomic E-state index is -6.07. The highest BCUT2D eigenvalue weighted by atomic mass is 32.2. The van der Waals surface area contributed by atoms with E-state index in [1.807, 2.05) is 0 Å². The van der Waals surface area contributed by atoms with Gasteiger partial charge >= 0.3 is 27.3 Å². The standard InChI is InChI=1S/C10H10F2O11S2/c11-10(12,25(17,18)19)9(14)20-2-5(13)22-6-3-1-4-7(21-3)8(6)23-24(4,15)16/h3-4,6-8H,1-2H2,(H,17,18,19). The second-order valence-corrected chi connectivity index (χ2v) is 8.74. The summed E-state index contributed by atoms with van der Waals surface area (Å²) >= 11 is 0. The molecule has 0 spiro atoms. The minimum Gasteiger partial charge on any atom is -0.454 e. The van der Waals surface area contributed by atoms with Crippen LogP contribution in [0.3, 0.4) is 0 Å². The molecule has 0 aromatic rings. The molecular formula is C10H10F2O11S2. The Labute approximate surface area is 139 Å². The van der Waals surface area contributed by atoms with Crippen molar-refractivity contribution >= 4 is 32.2 Å². The molecule has 25 heavy (non-hydrogen) atoms. The largest absolute Gasteiger partial charge is 0.465 e. The lowest BCUT2D eigenvalue weighted by Crippen LogP contribution is -2.43. The molecule has 5 unspecified atom stereocenters. The van der Waals surface area contributed by atoms with E-state index >= 15 is 0 Å². The van der Waals surface area contributed by atoms with Crippen LogP contribution in [0.4, 0.5) is 8.78 Å². The molecule has 3 heterocycles. The van der Waals surface area contributed by atoms with E-state index in [1.165, 1.54) is 0 Å². The molecule has 142 valence electrons. The summed E-state index contributed by atoms with van der Waals surface area (Å²) in [5, 5.41) is -6.12. The smallest absolute Gasteiger partial charge is 0.454 e. The quantitative estimate of drug-likeness (QED) is 0.310. The number of esters is 2. The summed E-state index contributed by atoms with van der Waals surface area (Å²) in [5.41, 5.74) is 0. The van der Waals surface area contributed by atoms with Crippen molar-refractivity contribution in [3.05, 3.63) is 0 Å². The van der Waals surface area contributed by atoms with Gasteiger partial charge in [-0.15, -0.1) is 0 Å². The van der Waals surface area contributed by atoms with E-state index in [0.29, 0.717) is 0 Å². The van der Waals surface area contributed by atoms with Crippen LogP contribution < -0.4 is 0 Å². The number of ether oxygens (including phenoxy) is 3. The Bertz CT molecular complexity index is 820. The van der Waals surface area contributed by atoms with E-state index in [-0.39, 0.29) is 6.42 Å². The summed E-state index contributed by atoms with van der Waals surface area (Å²) in [6, 6.07) is 0. The number of hydrogen-bond donors (Lipinski definition) is 1. The summed E-state index contributed by atoms with van der Waals surface area (Å²) in [6.45, 7) is -1.39. The molecule has 5 atom stereocenters. The van der Waals surface area contributed by atoms with Crippen molar-refractivity contribution in [2.75, 3.05) is 6.61 Å². The number of rotatable bonds is 5. The summed E-state index contributed by atoms with van der Waals surface area (Å²) in [5.74, 6) is -4.03. The first-order chi connectivity index (χ1) is 11.3. The Morgan fingerprint density at radius 3 is 2.52 bits per heavy atom. The zero-order valence-corrected chi connectivity index (χ0v) is 13.5. The first kappa shape index (κ1) is 18.4. The molecule has 0 aromatic heterocycles. The maximum atomic E-state index is 12.9. The van der Waals surface area contributed by atoms with Gasteiger partial charge in [-0.05, 0) is 6.42 Å². The van der Waals surface area contributed by atoms with Gasteiger partial charge in [-0.1, -0.05) is 0 Å². The Morgan fingerprint density at radius 2 is 1.92 bits per heavy atom. The third-order valence-corrected chi connectivity index (χ3v) is 6.45. The highest BCUT2D eigenvalue weighted by Gasteiger charge is 2.67. The van der Waals surface area contributed by atoms with E-state index in [4.69, 9.17) is 18.2 Å². The van der Waals surface area contributed by atoms with E-state index in [2.05, 4.69) is 4.74 Å². The normalized spacial score (nSPS) is 35.6. The first-order valence-electron chi connectivity index (χ1n) is 6.64. The molecule has 2 bridgehead atoms. The average Bonchev–Trinajstić information content (AvgIpc) is 3.07. The molecular weight excluding hydrogens is 398 g/mol. The molecule has 3 saturated heterocycles. The van der Waals surface area contributed by atoms with Crippen molar-refractivity contribution in [1.29, 1.82) is 0 Å². The van der Waals surface area contributed by atoms with Crippen LogP contribution in [0.2, 0.25) is 0 Å². The SMILES string of the molecule is O=C(COC(=O)C(F)(F)S(=O)(=O)O)OC1C2CC3C(O2)C1OS3(=O)=O. The minimum absolute atomic E-state index is 0.0159. The molecule has 0 amide bonds. The van der Waals surface area contributed by atoms with Gasteiger partial charge in [-0.3, -0.25) is 8.74 Å². The lowest BCUT2D eigenvalue weighted by atomic mass is 9.94. The second kappa shape index (κ2) is 5.54. The van der Waals surface area contributed by atoms with Crippen LogP contribution in [-0.2, 0) is 48.2 Å². The van der Waals surface area contributed by atoms with Crippen LogP contribution >= 0.6 is 0 Å². The third-order valence-electron chi connectivity index (χ3n) is 3.94. The Hall–Kier alpha value is -1.42. The van der Waals surface area contributed by atoms with Crippen molar-refractivity contribution in [3.63, 3.8) is 0 Å². The van der Waals surface area contributed by atoms with Crippen molar-refractivity contribution in [1.82, 2.24) is 0 Å². The van der Waals surface area contributed by atoms with Gasteiger partial charge in [0, 0.05) is 0 Å². The monoisotopic (exact) mass is 408 g/mol. The molecule has 3 aliphatic heterocycles. The van der Waals surface area contributed by atoms with E-state index in [0.717, 1.165) is 0 Å². The molecule has 0 aliphatic carbocycles. The van der Waals surface area contributed by atoms with Crippen molar-refractivity contribution < 1.29 is 58.2 Å². The molecule has 11 nitrogen and oxygen atoms in total. The van der Waals surface area contributed by atoms with Crippen LogP contribution in [0.15, 0.2) is 0 Å². The van der Waals surface area contributed by atoms with Crippen molar-refractivity contribution in [2.45, 2.75) is 41.3 Å². The topological polar surface area (TPSA) is 160 Å². The fraction of sp³-hybridized carbons (Fsp3) is 0.800. The average molecular weight is 408 g/mol. The van der Waals surface area contributed by atoms with Crippen LogP contribution in [-0.4, -0.2) is 74.9 Å². The number of halogens is 2. The zero-order valence-electron chi connectivity index (χ0n) is 11.9. The number of carbonyl (C=O) groups excluding carboxylic acids is 2. The fourth-order valence-corrected chi connectivity index (χ4v) is 4.78. The molecule has 3 rings (SSSR count). The summed E-state index contributed by atoms with van der Waals surface area (Å²) in [6.07, 6.45) is -3.82. The maximum Gasteiger partial charge on any atom is 0.465 e. The van der Waals surface area contributed by atoms with Gasteiger partial charge in [-0.25, -0.2) is 9.59 Å². The van der Waals surface area contributed by atoms with Crippen LogP contribution in [0.25, 0.3) is 0 Å². The number of alkyl halides is 2. The summed E-state index contributed by atoms with van der Waals surface area (Å²) in [4.78, 5) is 22.5. The zero-order chi connectivity index (χ0) is 18.8. The molecule has 15 heteroatoms. The van der Waals surface area contributed by atoms with Gasteiger partial charge in [-0.2, -0.15) is 25.6 Å². The van der Waals surface area contributed by atoms with Gasteiger partial charge in [0.05, 0.1) is 6.10 Å². The van der Waals surface area contributed by atoms with Crippen LogP contribution in [0.5, 0.6) is 0 Å². The molecule has 0 saturated carbocycles. The maximum absolute atomic E-state index is 12.9. The van der Waals surface area contributed by atoms with Gasteiger partial charge in [0.25, 0.3) is 10.1 Å². The lowest BCUT2D eigenvalue weighted by Gasteiger charge is -2.21. The van der Waals surface area contributed by atoms with Crippen molar-refractivity contribution in [3.8, 4) is 0 Å². The summed E-state index contributed by atoms with van der Waals surface area (Å²) < 4.78 is 96.8. The predicted octanol–water partition coefficient (Wildman–Crippen LogP) is -1.81. The Kier molecular flexibility index (Phi) is 4.07. The highest BCUT2D eigenvalue weighted by Crippen LogP contribution is 2.47. The number of carbonyl (C=O) groups is 2.